The molecule has 24 heavy (non-hydrogen) atoms. The van der Waals surface area contributed by atoms with Crippen molar-refractivity contribution in [3.8, 4) is 0 Å². The van der Waals surface area contributed by atoms with E-state index in [0.717, 1.165) is 0 Å². The van der Waals surface area contributed by atoms with Crippen molar-refractivity contribution in [3.05, 3.63) is 35.9 Å². The predicted molar refractivity (Wildman–Crippen MR) is 89.6 cm³/mol. The zero-order valence-corrected chi connectivity index (χ0v) is 14.0. The number of carbonyl (C=O) groups excluding carboxylic acids is 2. The first-order valence-electron chi connectivity index (χ1n) is 9.93. The number of carbonyl (C=O) groups is 2. The van der Waals surface area contributed by atoms with Gasteiger partial charge in [0.25, 0.3) is 0 Å². The molecule has 0 aromatic heterocycles. The van der Waals surface area contributed by atoms with Crippen LogP contribution in [0.5, 0.6) is 0 Å². The molecule has 0 spiro atoms. The molecule has 2 fully saturated rings. The third-order valence-electron chi connectivity index (χ3n) is 4.76. The van der Waals surface area contributed by atoms with Gasteiger partial charge < -0.3 is 9.47 Å². The van der Waals surface area contributed by atoms with E-state index in [9.17, 15) is 9.59 Å². The minimum absolute atomic E-state index is 0.237. The molecule has 5 nitrogen and oxygen atoms in total. The second-order valence-electron chi connectivity index (χ2n) is 6.76. The quantitative estimate of drug-likeness (QED) is 0.792. The van der Waals surface area contributed by atoms with Crippen molar-refractivity contribution in [1.82, 2.24) is 4.90 Å². The minimum Gasteiger partial charge on any atom is -0.463 e. The minimum atomic E-state index is -2.30. The molecule has 2 heterocycles. The first-order valence-corrected chi connectivity index (χ1v) is 8.43. The Bertz CT molecular complexity index is 692. The molecule has 2 aliphatic heterocycles. The van der Waals surface area contributed by atoms with Crippen LogP contribution in [0, 0.1) is 5.92 Å². The Morgan fingerprint density at radius 3 is 2.67 bits per heavy atom. The fourth-order valence-corrected chi connectivity index (χ4v) is 3.68. The van der Waals surface area contributed by atoms with Crippen LogP contribution in [0.3, 0.4) is 0 Å². The molecule has 1 aromatic carbocycles. The van der Waals surface area contributed by atoms with Crippen LogP contribution in [0.15, 0.2) is 30.3 Å². The molecule has 0 amide bonds. The number of ether oxygens (including phenoxy) is 2. The van der Waals surface area contributed by atoms with E-state index in [4.69, 9.17) is 13.6 Å². The van der Waals surface area contributed by atoms with Gasteiger partial charge in [0, 0.05) is 22.6 Å². The molecular formula is C19H25NO4. The predicted octanol–water partition coefficient (Wildman–Crippen LogP) is 2.65. The number of nitrogens with zero attached hydrogens (tertiary/aromatic N) is 1. The molecule has 0 aliphatic carbocycles. The van der Waals surface area contributed by atoms with E-state index >= 15 is 0 Å². The van der Waals surface area contributed by atoms with Crippen molar-refractivity contribution >= 4 is 11.9 Å². The third-order valence-corrected chi connectivity index (χ3v) is 4.76. The van der Waals surface area contributed by atoms with E-state index in [0.29, 0.717) is 24.8 Å². The summed E-state index contributed by atoms with van der Waals surface area (Å²) in [5, 5.41) is 0. The first-order chi connectivity index (χ1) is 12.7. The average Bonchev–Trinajstić information content (AvgIpc) is 2.90. The zero-order valence-electron chi connectivity index (χ0n) is 17.0. The Morgan fingerprint density at radius 1 is 1.25 bits per heavy atom. The molecule has 0 N–H and O–H groups in total. The number of hydrogen-bond acceptors (Lipinski definition) is 5. The summed E-state index contributed by atoms with van der Waals surface area (Å²) in [6.45, 7) is 1.19. The Balaban J connectivity index is 1.86. The molecule has 3 rings (SSSR count). The van der Waals surface area contributed by atoms with E-state index in [1.807, 2.05) is 0 Å². The van der Waals surface area contributed by atoms with Gasteiger partial charge in [-0.25, -0.2) is 4.79 Å². The van der Waals surface area contributed by atoms with Crippen molar-refractivity contribution in [1.29, 1.82) is 0 Å². The summed E-state index contributed by atoms with van der Waals surface area (Å²) in [7, 11) is 0. The van der Waals surface area contributed by atoms with Crippen LogP contribution >= 0.6 is 0 Å². The van der Waals surface area contributed by atoms with Gasteiger partial charge in [-0.3, -0.25) is 9.69 Å². The molecule has 0 radical (unpaired) electrons. The normalized spacial score (nSPS) is 31.9. The molecule has 4 atom stereocenters. The molecule has 2 aliphatic rings. The van der Waals surface area contributed by atoms with Crippen molar-refractivity contribution in [2.45, 2.75) is 57.4 Å². The Kier molecular flexibility index (Phi) is 3.87. The molecule has 130 valence electrons. The second kappa shape index (κ2) is 6.93. The van der Waals surface area contributed by atoms with Crippen molar-refractivity contribution < 1.29 is 23.2 Å². The van der Waals surface area contributed by atoms with Crippen LogP contribution in [0.2, 0.25) is 0 Å². The van der Waals surface area contributed by atoms with Gasteiger partial charge in [0.05, 0.1) is 11.7 Å². The molecular weight excluding hydrogens is 306 g/mol. The summed E-state index contributed by atoms with van der Waals surface area (Å²) < 4.78 is 34.6. The smallest absolute Gasteiger partial charge is 0.338 e. The van der Waals surface area contributed by atoms with Crippen LogP contribution in [0.25, 0.3) is 0 Å². The largest absolute Gasteiger partial charge is 0.463 e. The van der Waals surface area contributed by atoms with E-state index in [-0.39, 0.29) is 12.1 Å². The SMILES string of the molecule is [2H]C([2H])([2H])N1C2CCC1C(C(=O)OC(C)C)C(OC(=O)c1ccccc1)C2. The van der Waals surface area contributed by atoms with Gasteiger partial charge in [0.1, 0.15) is 12.0 Å². The monoisotopic (exact) mass is 334 g/mol. The summed E-state index contributed by atoms with van der Waals surface area (Å²) in [5.74, 6) is -1.82. The lowest BCUT2D eigenvalue weighted by Gasteiger charge is -2.41. The Hall–Kier alpha value is -1.88. The number of benzene rings is 1. The highest BCUT2D eigenvalue weighted by molar-refractivity contribution is 5.89. The molecule has 2 bridgehead atoms. The van der Waals surface area contributed by atoms with E-state index in [2.05, 4.69) is 0 Å². The van der Waals surface area contributed by atoms with Crippen LogP contribution in [-0.4, -0.2) is 48.1 Å². The topological polar surface area (TPSA) is 55.8 Å². The molecule has 0 saturated carbocycles. The summed E-state index contributed by atoms with van der Waals surface area (Å²) in [4.78, 5) is 26.7. The van der Waals surface area contributed by atoms with Crippen molar-refractivity contribution in [3.63, 3.8) is 0 Å². The van der Waals surface area contributed by atoms with Crippen molar-refractivity contribution in [2.75, 3.05) is 6.98 Å². The number of hydrogen-bond donors (Lipinski definition) is 0. The lowest BCUT2D eigenvalue weighted by Crippen LogP contribution is -2.54. The maximum Gasteiger partial charge on any atom is 0.338 e. The van der Waals surface area contributed by atoms with Gasteiger partial charge in [0.15, 0.2) is 0 Å². The Morgan fingerprint density at radius 2 is 2.00 bits per heavy atom. The summed E-state index contributed by atoms with van der Waals surface area (Å²) in [6.07, 6.45) is 0.517. The van der Waals surface area contributed by atoms with Crippen LogP contribution in [0.4, 0.5) is 0 Å². The highest BCUT2D eigenvalue weighted by atomic mass is 16.6. The molecule has 1 aromatic rings. The zero-order chi connectivity index (χ0) is 19.8. The Labute approximate surface area is 147 Å². The molecule has 4 unspecified atom stereocenters. The van der Waals surface area contributed by atoms with Gasteiger partial charge in [-0.05, 0) is 45.8 Å². The average molecular weight is 334 g/mol. The lowest BCUT2D eigenvalue weighted by molar-refractivity contribution is -0.162. The van der Waals surface area contributed by atoms with Gasteiger partial charge in [-0.1, -0.05) is 18.2 Å². The summed E-state index contributed by atoms with van der Waals surface area (Å²) in [5.41, 5.74) is 0.402. The van der Waals surface area contributed by atoms with Gasteiger partial charge >= 0.3 is 11.9 Å². The molecule has 2 saturated heterocycles. The fourth-order valence-electron chi connectivity index (χ4n) is 3.68. The van der Waals surface area contributed by atoms with E-state index in [1.165, 1.54) is 4.90 Å². The van der Waals surface area contributed by atoms with Gasteiger partial charge in [0.2, 0.25) is 0 Å². The number of rotatable bonds is 4. The highest BCUT2D eigenvalue weighted by Gasteiger charge is 2.51. The van der Waals surface area contributed by atoms with Crippen LogP contribution in [-0.2, 0) is 14.3 Å². The van der Waals surface area contributed by atoms with E-state index < -0.39 is 37.0 Å². The summed E-state index contributed by atoms with van der Waals surface area (Å²) >= 11 is 0. The highest BCUT2D eigenvalue weighted by Crippen LogP contribution is 2.40. The third kappa shape index (κ3) is 3.31. The fraction of sp³-hybridized carbons (Fsp3) is 0.579. The maximum atomic E-state index is 12.8. The van der Waals surface area contributed by atoms with Gasteiger partial charge in [-0.15, -0.1) is 0 Å². The molecule has 5 heteroatoms. The lowest BCUT2D eigenvalue weighted by atomic mass is 9.87. The second-order valence-corrected chi connectivity index (χ2v) is 6.76. The number of piperidine rings is 1. The van der Waals surface area contributed by atoms with Crippen LogP contribution in [0.1, 0.15) is 47.6 Å². The van der Waals surface area contributed by atoms with Crippen LogP contribution < -0.4 is 0 Å². The first kappa shape index (κ1) is 13.4. The van der Waals surface area contributed by atoms with Gasteiger partial charge in [-0.2, -0.15) is 0 Å². The standard InChI is InChI=1S/C19H25NO4/c1-12(2)23-19(22)17-15-10-9-14(20(15)3)11-16(17)24-18(21)13-7-5-4-6-8-13/h4-8,12,14-17H,9-11H2,1-3H3/i3D3. The number of fused-ring (bicyclic) bond motifs is 2. The van der Waals surface area contributed by atoms with Crippen molar-refractivity contribution in [2.24, 2.45) is 5.92 Å². The maximum absolute atomic E-state index is 12.8. The number of esters is 2. The van der Waals surface area contributed by atoms with E-state index in [1.54, 1.807) is 44.2 Å². The summed E-state index contributed by atoms with van der Waals surface area (Å²) in [6, 6.07) is 7.82.